The lowest BCUT2D eigenvalue weighted by molar-refractivity contribution is -0.141. The van der Waals surface area contributed by atoms with Crippen LogP contribution >= 0.6 is 0 Å². The molecule has 0 spiro atoms. The predicted molar refractivity (Wildman–Crippen MR) is 80.8 cm³/mol. The minimum absolute atomic E-state index is 0.0514. The van der Waals surface area contributed by atoms with E-state index in [0.717, 1.165) is 0 Å². The number of benzene rings is 1. The van der Waals surface area contributed by atoms with Gasteiger partial charge in [0.2, 0.25) is 5.91 Å². The Labute approximate surface area is 129 Å². The molecule has 1 unspecified atom stereocenters. The lowest BCUT2D eigenvalue weighted by Crippen LogP contribution is -2.37. The Kier molecular flexibility index (Phi) is 5.52. The van der Waals surface area contributed by atoms with Crippen LogP contribution in [-0.4, -0.2) is 23.0 Å². The van der Waals surface area contributed by atoms with Crippen LogP contribution in [0.25, 0.3) is 0 Å². The second-order valence-electron chi connectivity index (χ2n) is 6.08. The fourth-order valence-electron chi connectivity index (χ4n) is 2.88. The summed E-state index contributed by atoms with van der Waals surface area (Å²) >= 11 is 0. The predicted octanol–water partition coefficient (Wildman–Crippen LogP) is 2.76. The van der Waals surface area contributed by atoms with E-state index in [2.05, 4.69) is 5.32 Å². The van der Waals surface area contributed by atoms with Crippen molar-refractivity contribution in [3.8, 4) is 0 Å². The van der Waals surface area contributed by atoms with Crippen molar-refractivity contribution in [1.29, 1.82) is 0 Å². The molecule has 1 aromatic carbocycles. The number of hydrogen-bond acceptors (Lipinski definition) is 2. The Morgan fingerprint density at radius 2 is 2.09 bits per heavy atom. The summed E-state index contributed by atoms with van der Waals surface area (Å²) in [4.78, 5) is 23.0. The van der Waals surface area contributed by atoms with Crippen LogP contribution < -0.4 is 5.32 Å². The molecule has 1 aliphatic rings. The first-order valence-electron chi connectivity index (χ1n) is 7.74. The highest BCUT2D eigenvalue weighted by molar-refractivity contribution is 5.79. The third-order valence-electron chi connectivity index (χ3n) is 4.38. The largest absolute Gasteiger partial charge is 0.481 e. The van der Waals surface area contributed by atoms with Crippen LogP contribution in [0.3, 0.4) is 0 Å². The summed E-state index contributed by atoms with van der Waals surface area (Å²) in [5.74, 6) is -1.67. The van der Waals surface area contributed by atoms with E-state index in [-0.39, 0.29) is 29.6 Å². The van der Waals surface area contributed by atoms with Gasteiger partial charge in [0.25, 0.3) is 0 Å². The van der Waals surface area contributed by atoms with Crippen LogP contribution in [0.4, 0.5) is 4.39 Å². The molecule has 1 aliphatic carbocycles. The van der Waals surface area contributed by atoms with Crippen molar-refractivity contribution in [3.05, 3.63) is 35.6 Å². The molecule has 22 heavy (non-hydrogen) atoms. The van der Waals surface area contributed by atoms with Crippen molar-refractivity contribution >= 4 is 11.9 Å². The number of carboxylic acid groups (broad SMARTS) is 1. The number of aryl methyl sites for hydroxylation is 1. The van der Waals surface area contributed by atoms with Crippen molar-refractivity contribution < 1.29 is 19.1 Å². The van der Waals surface area contributed by atoms with Gasteiger partial charge in [0.1, 0.15) is 5.82 Å². The SMILES string of the molecule is CC(CCc1ccccc1F)C(=O)N[C@@H]1CC[C@H](C(=O)O)C1. The zero-order valence-electron chi connectivity index (χ0n) is 12.7. The number of hydrogen-bond donors (Lipinski definition) is 2. The van der Waals surface area contributed by atoms with Crippen molar-refractivity contribution in [2.24, 2.45) is 11.8 Å². The lowest BCUT2D eigenvalue weighted by Gasteiger charge is -2.17. The maximum atomic E-state index is 13.5. The van der Waals surface area contributed by atoms with Crippen LogP contribution in [0.15, 0.2) is 24.3 Å². The van der Waals surface area contributed by atoms with E-state index < -0.39 is 5.97 Å². The number of rotatable bonds is 6. The Bertz CT molecular complexity index is 546. The third-order valence-corrected chi connectivity index (χ3v) is 4.38. The number of carbonyl (C=O) groups excluding carboxylic acids is 1. The van der Waals surface area contributed by atoms with Crippen molar-refractivity contribution in [2.45, 2.75) is 45.1 Å². The molecule has 2 N–H and O–H groups in total. The smallest absolute Gasteiger partial charge is 0.306 e. The first-order chi connectivity index (χ1) is 10.5. The summed E-state index contributed by atoms with van der Waals surface area (Å²) in [6.07, 6.45) is 2.92. The molecule has 1 amide bonds. The lowest BCUT2D eigenvalue weighted by atomic mass is 9.99. The Balaban J connectivity index is 1.78. The molecule has 0 saturated heterocycles. The molecule has 1 aromatic rings. The van der Waals surface area contributed by atoms with Gasteiger partial charge in [-0.25, -0.2) is 4.39 Å². The summed E-state index contributed by atoms with van der Waals surface area (Å²) in [6.45, 7) is 1.82. The van der Waals surface area contributed by atoms with Gasteiger partial charge in [-0.3, -0.25) is 9.59 Å². The summed E-state index contributed by atoms with van der Waals surface area (Å²) in [7, 11) is 0. The first kappa shape index (κ1) is 16.5. The monoisotopic (exact) mass is 307 g/mol. The van der Waals surface area contributed by atoms with Crippen LogP contribution in [0.2, 0.25) is 0 Å². The molecule has 0 heterocycles. The van der Waals surface area contributed by atoms with E-state index in [4.69, 9.17) is 5.11 Å². The van der Waals surface area contributed by atoms with Gasteiger partial charge in [0, 0.05) is 12.0 Å². The highest BCUT2D eigenvalue weighted by Crippen LogP contribution is 2.26. The van der Waals surface area contributed by atoms with E-state index in [9.17, 15) is 14.0 Å². The highest BCUT2D eigenvalue weighted by atomic mass is 19.1. The third kappa shape index (κ3) is 4.29. The minimum atomic E-state index is -0.788. The standard InChI is InChI=1S/C17H22FNO3/c1-11(6-7-12-4-2-3-5-15(12)18)16(20)19-14-9-8-13(10-14)17(21)22/h2-5,11,13-14H,6-10H2,1H3,(H,19,20)(H,21,22)/t11?,13-,14+/m0/s1. The second kappa shape index (κ2) is 7.38. The average molecular weight is 307 g/mol. The fraction of sp³-hybridized carbons (Fsp3) is 0.529. The van der Waals surface area contributed by atoms with Gasteiger partial charge in [-0.1, -0.05) is 25.1 Å². The first-order valence-corrected chi connectivity index (χ1v) is 7.74. The Morgan fingerprint density at radius 1 is 1.36 bits per heavy atom. The number of carbonyl (C=O) groups is 2. The average Bonchev–Trinajstić information content (AvgIpc) is 2.94. The summed E-state index contributed by atoms with van der Waals surface area (Å²) in [5, 5.41) is 11.9. The number of nitrogens with one attached hydrogen (secondary N) is 1. The summed E-state index contributed by atoms with van der Waals surface area (Å²) in [5.41, 5.74) is 0.619. The van der Waals surface area contributed by atoms with Gasteiger partial charge in [-0.2, -0.15) is 0 Å². The summed E-state index contributed by atoms with van der Waals surface area (Å²) < 4.78 is 13.5. The topological polar surface area (TPSA) is 66.4 Å². The molecule has 3 atom stereocenters. The van der Waals surface area contributed by atoms with Crippen molar-refractivity contribution in [3.63, 3.8) is 0 Å². The van der Waals surface area contributed by atoms with Crippen LogP contribution in [-0.2, 0) is 16.0 Å². The molecular weight excluding hydrogens is 285 g/mol. The Hall–Kier alpha value is -1.91. The van der Waals surface area contributed by atoms with Gasteiger partial charge in [0.15, 0.2) is 0 Å². The molecule has 0 bridgehead atoms. The molecule has 1 fully saturated rings. The van der Waals surface area contributed by atoms with Crippen LogP contribution in [0.1, 0.15) is 38.2 Å². The maximum absolute atomic E-state index is 13.5. The van der Waals surface area contributed by atoms with E-state index in [1.165, 1.54) is 6.07 Å². The maximum Gasteiger partial charge on any atom is 0.306 e. The van der Waals surface area contributed by atoms with Crippen LogP contribution in [0.5, 0.6) is 0 Å². The van der Waals surface area contributed by atoms with Gasteiger partial charge in [-0.05, 0) is 43.7 Å². The van der Waals surface area contributed by atoms with Crippen molar-refractivity contribution in [1.82, 2.24) is 5.32 Å². The zero-order valence-corrected chi connectivity index (χ0v) is 12.7. The van der Waals surface area contributed by atoms with E-state index in [0.29, 0.717) is 37.7 Å². The normalized spacial score (nSPS) is 22.3. The van der Waals surface area contributed by atoms with Gasteiger partial charge >= 0.3 is 5.97 Å². The fourth-order valence-corrected chi connectivity index (χ4v) is 2.88. The molecule has 0 aliphatic heterocycles. The number of halogens is 1. The molecular formula is C17H22FNO3. The number of amides is 1. The molecule has 0 aromatic heterocycles. The second-order valence-corrected chi connectivity index (χ2v) is 6.08. The molecule has 4 nitrogen and oxygen atoms in total. The van der Waals surface area contributed by atoms with Gasteiger partial charge < -0.3 is 10.4 Å². The van der Waals surface area contributed by atoms with E-state index >= 15 is 0 Å². The van der Waals surface area contributed by atoms with Gasteiger partial charge in [0.05, 0.1) is 5.92 Å². The minimum Gasteiger partial charge on any atom is -0.481 e. The summed E-state index contributed by atoms with van der Waals surface area (Å²) in [6, 6.07) is 6.53. The van der Waals surface area contributed by atoms with E-state index in [1.54, 1.807) is 18.2 Å². The quantitative estimate of drug-likeness (QED) is 0.849. The number of carboxylic acids is 1. The zero-order chi connectivity index (χ0) is 16.1. The molecule has 120 valence electrons. The van der Waals surface area contributed by atoms with Crippen molar-refractivity contribution in [2.75, 3.05) is 0 Å². The molecule has 0 radical (unpaired) electrons. The molecule has 1 saturated carbocycles. The molecule has 2 rings (SSSR count). The highest BCUT2D eigenvalue weighted by Gasteiger charge is 2.31. The Morgan fingerprint density at radius 3 is 2.73 bits per heavy atom. The molecule has 5 heteroatoms. The van der Waals surface area contributed by atoms with E-state index in [1.807, 2.05) is 6.92 Å². The van der Waals surface area contributed by atoms with Gasteiger partial charge in [-0.15, -0.1) is 0 Å². The number of aliphatic carboxylic acids is 1. The van der Waals surface area contributed by atoms with Crippen LogP contribution in [0, 0.1) is 17.7 Å².